The van der Waals surface area contributed by atoms with Gasteiger partial charge in [-0.25, -0.2) is 0 Å². The lowest BCUT2D eigenvalue weighted by atomic mass is 9.82. The highest BCUT2D eigenvalue weighted by Crippen LogP contribution is 2.30. The Hall–Kier alpha value is -0.900. The van der Waals surface area contributed by atoms with Gasteiger partial charge in [0, 0.05) is 13.1 Å². The normalized spacial score (nSPS) is 22.7. The zero-order valence-electron chi connectivity index (χ0n) is 11.2. The molecular weight excluding hydrogens is 224 g/mol. The predicted molar refractivity (Wildman–Crippen MR) is 74.5 cm³/mol. The van der Waals surface area contributed by atoms with Gasteiger partial charge in [-0.1, -0.05) is 30.3 Å². The average molecular weight is 248 g/mol. The number of ether oxygens (including phenoxy) is 1. The standard InChI is InChI=1S/C15H24N2O/c1-16-7-8-17-11-14-9-15(10-14)18-12-13-5-3-2-4-6-13/h2-6,14-17H,7-12H2,1H3. The molecule has 1 aromatic rings. The molecule has 0 bridgehead atoms. The molecule has 0 amide bonds. The van der Waals surface area contributed by atoms with Crippen LogP contribution in [0.3, 0.4) is 0 Å². The summed E-state index contributed by atoms with van der Waals surface area (Å²) in [6, 6.07) is 10.4. The molecule has 1 aromatic carbocycles. The smallest absolute Gasteiger partial charge is 0.0720 e. The maximum Gasteiger partial charge on any atom is 0.0720 e. The Morgan fingerprint density at radius 2 is 1.94 bits per heavy atom. The molecule has 3 nitrogen and oxygen atoms in total. The minimum Gasteiger partial charge on any atom is -0.374 e. The first-order valence-corrected chi connectivity index (χ1v) is 6.89. The molecule has 0 radical (unpaired) electrons. The van der Waals surface area contributed by atoms with Crippen LogP contribution in [0.1, 0.15) is 18.4 Å². The lowest BCUT2D eigenvalue weighted by molar-refractivity contribution is -0.0394. The topological polar surface area (TPSA) is 33.3 Å². The van der Waals surface area contributed by atoms with Crippen molar-refractivity contribution in [1.82, 2.24) is 10.6 Å². The number of likely N-dealkylation sites (N-methyl/N-ethyl adjacent to an activating group) is 1. The molecule has 1 aliphatic carbocycles. The molecule has 3 heteroatoms. The van der Waals surface area contributed by atoms with Gasteiger partial charge in [-0.05, 0) is 37.9 Å². The average Bonchev–Trinajstić information content (AvgIpc) is 2.37. The highest BCUT2D eigenvalue weighted by atomic mass is 16.5. The molecule has 0 spiro atoms. The van der Waals surface area contributed by atoms with E-state index in [1.54, 1.807) is 0 Å². The molecule has 0 heterocycles. The summed E-state index contributed by atoms with van der Waals surface area (Å²) < 4.78 is 5.88. The summed E-state index contributed by atoms with van der Waals surface area (Å²) in [5.41, 5.74) is 1.27. The summed E-state index contributed by atoms with van der Waals surface area (Å²) >= 11 is 0. The van der Waals surface area contributed by atoms with Crippen LogP contribution in [0, 0.1) is 5.92 Å². The molecule has 2 N–H and O–H groups in total. The minimum absolute atomic E-state index is 0.473. The van der Waals surface area contributed by atoms with Crippen LogP contribution in [0.5, 0.6) is 0 Å². The van der Waals surface area contributed by atoms with Crippen LogP contribution in [0.25, 0.3) is 0 Å². The van der Waals surface area contributed by atoms with E-state index in [9.17, 15) is 0 Å². The second-order valence-electron chi connectivity index (χ2n) is 5.06. The summed E-state index contributed by atoms with van der Waals surface area (Å²) in [7, 11) is 1.98. The maximum atomic E-state index is 5.88. The van der Waals surface area contributed by atoms with Gasteiger partial charge >= 0.3 is 0 Å². The lowest BCUT2D eigenvalue weighted by Gasteiger charge is -2.35. The number of benzene rings is 1. The van der Waals surface area contributed by atoms with E-state index in [-0.39, 0.29) is 0 Å². The van der Waals surface area contributed by atoms with Crippen LogP contribution in [-0.2, 0) is 11.3 Å². The van der Waals surface area contributed by atoms with Crippen LogP contribution in [0.2, 0.25) is 0 Å². The Morgan fingerprint density at radius 1 is 1.17 bits per heavy atom. The summed E-state index contributed by atoms with van der Waals surface area (Å²) in [5, 5.41) is 6.60. The molecule has 0 saturated heterocycles. The lowest BCUT2D eigenvalue weighted by Crippen LogP contribution is -2.39. The van der Waals surface area contributed by atoms with Crippen molar-refractivity contribution in [3.63, 3.8) is 0 Å². The van der Waals surface area contributed by atoms with E-state index in [4.69, 9.17) is 4.74 Å². The fraction of sp³-hybridized carbons (Fsp3) is 0.600. The summed E-state index contributed by atoms with van der Waals surface area (Å²) in [6.45, 7) is 3.99. The van der Waals surface area contributed by atoms with Gasteiger partial charge in [-0.3, -0.25) is 0 Å². The van der Waals surface area contributed by atoms with E-state index < -0.39 is 0 Å². The van der Waals surface area contributed by atoms with Crippen molar-refractivity contribution in [3.05, 3.63) is 35.9 Å². The van der Waals surface area contributed by atoms with E-state index in [0.717, 1.165) is 32.2 Å². The molecule has 18 heavy (non-hydrogen) atoms. The molecule has 1 fully saturated rings. The van der Waals surface area contributed by atoms with Crippen molar-refractivity contribution >= 4 is 0 Å². The van der Waals surface area contributed by atoms with Gasteiger partial charge in [0.2, 0.25) is 0 Å². The molecule has 1 saturated carbocycles. The van der Waals surface area contributed by atoms with Crippen molar-refractivity contribution in [2.75, 3.05) is 26.7 Å². The largest absolute Gasteiger partial charge is 0.374 e. The monoisotopic (exact) mass is 248 g/mol. The van der Waals surface area contributed by atoms with E-state index in [2.05, 4.69) is 34.9 Å². The number of hydrogen-bond donors (Lipinski definition) is 2. The molecular formula is C15H24N2O. The summed E-state index contributed by atoms with van der Waals surface area (Å²) in [6.07, 6.45) is 2.89. The molecule has 0 unspecified atom stereocenters. The van der Waals surface area contributed by atoms with Gasteiger partial charge in [0.1, 0.15) is 0 Å². The fourth-order valence-corrected chi connectivity index (χ4v) is 2.29. The first-order valence-electron chi connectivity index (χ1n) is 6.89. The van der Waals surface area contributed by atoms with Crippen molar-refractivity contribution < 1.29 is 4.74 Å². The Balaban J connectivity index is 1.51. The van der Waals surface area contributed by atoms with Gasteiger partial charge in [0.05, 0.1) is 12.7 Å². The van der Waals surface area contributed by atoms with Gasteiger partial charge in [-0.15, -0.1) is 0 Å². The highest BCUT2D eigenvalue weighted by Gasteiger charge is 2.29. The van der Waals surface area contributed by atoms with E-state index in [0.29, 0.717) is 6.10 Å². The first kappa shape index (κ1) is 13.5. The van der Waals surface area contributed by atoms with E-state index in [1.807, 2.05) is 13.1 Å². The van der Waals surface area contributed by atoms with E-state index >= 15 is 0 Å². The Kier molecular flexibility index (Phi) is 5.65. The molecule has 0 aliphatic heterocycles. The zero-order valence-corrected chi connectivity index (χ0v) is 11.2. The van der Waals surface area contributed by atoms with Crippen LogP contribution in [-0.4, -0.2) is 32.8 Å². The van der Waals surface area contributed by atoms with Gasteiger partial charge < -0.3 is 15.4 Å². The van der Waals surface area contributed by atoms with Gasteiger partial charge in [0.15, 0.2) is 0 Å². The van der Waals surface area contributed by atoms with Crippen molar-refractivity contribution in [3.8, 4) is 0 Å². The Bertz CT molecular complexity index is 323. The molecule has 0 aromatic heterocycles. The maximum absolute atomic E-state index is 5.88. The number of rotatable bonds is 8. The fourth-order valence-electron chi connectivity index (χ4n) is 2.29. The second kappa shape index (κ2) is 7.52. The van der Waals surface area contributed by atoms with E-state index in [1.165, 1.54) is 18.4 Å². The minimum atomic E-state index is 0.473. The summed E-state index contributed by atoms with van der Waals surface area (Å²) in [5.74, 6) is 0.808. The summed E-state index contributed by atoms with van der Waals surface area (Å²) in [4.78, 5) is 0. The van der Waals surface area contributed by atoms with Gasteiger partial charge in [-0.2, -0.15) is 0 Å². The third-order valence-corrected chi connectivity index (χ3v) is 3.51. The third-order valence-electron chi connectivity index (χ3n) is 3.51. The molecule has 100 valence electrons. The van der Waals surface area contributed by atoms with Crippen molar-refractivity contribution in [1.29, 1.82) is 0 Å². The first-order chi connectivity index (χ1) is 8.88. The number of hydrogen-bond acceptors (Lipinski definition) is 3. The third kappa shape index (κ3) is 4.41. The predicted octanol–water partition coefficient (Wildman–Crippen LogP) is 1.79. The molecule has 0 atom stereocenters. The van der Waals surface area contributed by atoms with Crippen LogP contribution in [0.4, 0.5) is 0 Å². The number of nitrogens with one attached hydrogen (secondary N) is 2. The van der Waals surface area contributed by atoms with Crippen molar-refractivity contribution in [2.45, 2.75) is 25.6 Å². The Labute approximate surface area is 110 Å². The Morgan fingerprint density at radius 3 is 2.67 bits per heavy atom. The van der Waals surface area contributed by atoms with Crippen LogP contribution < -0.4 is 10.6 Å². The van der Waals surface area contributed by atoms with Crippen molar-refractivity contribution in [2.24, 2.45) is 5.92 Å². The molecule has 2 rings (SSSR count). The van der Waals surface area contributed by atoms with Gasteiger partial charge in [0.25, 0.3) is 0 Å². The zero-order chi connectivity index (χ0) is 12.6. The second-order valence-corrected chi connectivity index (χ2v) is 5.06. The SMILES string of the molecule is CNCCNCC1CC(OCc2ccccc2)C1. The highest BCUT2D eigenvalue weighted by molar-refractivity contribution is 5.13. The van der Waals surface area contributed by atoms with Crippen LogP contribution >= 0.6 is 0 Å². The molecule has 1 aliphatic rings. The van der Waals surface area contributed by atoms with Crippen LogP contribution in [0.15, 0.2) is 30.3 Å². The quantitative estimate of drug-likeness (QED) is 0.688.